The average molecular weight is 760 g/mol. The van der Waals surface area contributed by atoms with E-state index in [0.29, 0.717) is 0 Å². The van der Waals surface area contributed by atoms with Crippen molar-refractivity contribution in [3.63, 3.8) is 0 Å². The number of anilines is 8. The summed E-state index contributed by atoms with van der Waals surface area (Å²) in [7, 11) is 2.19. The lowest BCUT2D eigenvalue weighted by molar-refractivity contribution is 1.11. The van der Waals surface area contributed by atoms with Crippen molar-refractivity contribution in [3.05, 3.63) is 182 Å². The van der Waals surface area contributed by atoms with Crippen LogP contribution in [0.5, 0.6) is 0 Å². The highest BCUT2D eigenvalue weighted by atomic mass is 32.2. The van der Waals surface area contributed by atoms with Gasteiger partial charge in [0, 0.05) is 47.8 Å². The molecule has 8 aromatic rings. The van der Waals surface area contributed by atoms with Gasteiger partial charge in [0.2, 0.25) is 0 Å². The Kier molecular flexibility index (Phi) is 7.83. The highest BCUT2D eigenvalue weighted by molar-refractivity contribution is 8.00. The number of para-hydroxylation sites is 4. The summed E-state index contributed by atoms with van der Waals surface area (Å²) >= 11 is 5.58. The predicted molar refractivity (Wildman–Crippen MR) is 234 cm³/mol. The lowest BCUT2D eigenvalue weighted by atomic mass is 10.0. The van der Waals surface area contributed by atoms with Crippen molar-refractivity contribution in [2.45, 2.75) is 29.4 Å². The second-order valence-electron chi connectivity index (χ2n) is 13.9. The largest absolute Gasteiger partial charge is 0.343 e. The van der Waals surface area contributed by atoms with Crippen molar-refractivity contribution >= 4 is 80.8 Å². The van der Waals surface area contributed by atoms with Gasteiger partial charge < -0.3 is 14.7 Å². The maximum atomic E-state index is 2.39. The fourth-order valence-electron chi connectivity index (χ4n) is 7.94. The normalized spacial score (nSPS) is 13.6. The van der Waals surface area contributed by atoms with Crippen molar-refractivity contribution < 1.29 is 0 Å². The molecule has 0 N–H and O–H groups in total. The van der Waals surface area contributed by atoms with Crippen molar-refractivity contribution in [3.8, 4) is 22.3 Å². The van der Waals surface area contributed by atoms with E-state index < -0.39 is 0 Å². The molecule has 11 rings (SSSR count). The topological polar surface area (TPSA) is 9.72 Å². The molecule has 0 amide bonds. The van der Waals surface area contributed by atoms with E-state index in [1.807, 2.05) is 35.3 Å². The summed E-state index contributed by atoms with van der Waals surface area (Å²) in [5.41, 5.74) is 14.6. The second kappa shape index (κ2) is 13.2. The van der Waals surface area contributed by atoms with E-state index in [-0.39, 0.29) is 0 Å². The molecule has 0 bridgehead atoms. The van der Waals surface area contributed by atoms with E-state index in [1.165, 1.54) is 97.1 Å². The van der Waals surface area contributed by atoms with Crippen LogP contribution in [0.25, 0.3) is 22.3 Å². The van der Waals surface area contributed by atoms with Crippen LogP contribution in [0, 0.1) is 0 Å². The van der Waals surface area contributed by atoms with E-state index in [1.54, 1.807) is 0 Å². The summed E-state index contributed by atoms with van der Waals surface area (Å²) in [5, 5.41) is 0. The zero-order valence-electron chi connectivity index (χ0n) is 29.9. The minimum atomic E-state index is 1.17. The third kappa shape index (κ3) is 5.55. The fourth-order valence-corrected chi connectivity index (χ4v) is 11.4. The van der Waals surface area contributed by atoms with Crippen molar-refractivity contribution in [1.29, 1.82) is 0 Å². The standard InChI is InChI=1S/C49H33N3S3/c1-50-38-24-20-32(34-22-26-42-48(30-34)53-44-18-10-8-16-40(44)51(42)36-12-4-2-5-13-36)28-46(38)55-47-29-33(21-25-39(47)50)35-23-27-43-49(31-35)54-45-19-11-9-17-41(45)52(43)37-14-6-3-7-15-37/h2-31H,1H3. The van der Waals surface area contributed by atoms with Gasteiger partial charge in [-0.2, -0.15) is 0 Å². The Bertz CT molecular complexity index is 2600. The van der Waals surface area contributed by atoms with Crippen LogP contribution in [0.4, 0.5) is 45.5 Å². The molecule has 0 radical (unpaired) electrons. The Balaban J connectivity index is 0.921. The molecule has 0 saturated carbocycles. The van der Waals surface area contributed by atoms with Crippen LogP contribution in [0.1, 0.15) is 0 Å². The van der Waals surface area contributed by atoms with Crippen LogP contribution in [-0.2, 0) is 0 Å². The number of rotatable bonds is 4. The molecule has 3 nitrogen and oxygen atoms in total. The Labute approximate surface area is 334 Å². The smallest absolute Gasteiger partial charge is 0.0602 e. The minimum Gasteiger partial charge on any atom is -0.343 e. The predicted octanol–water partition coefficient (Wildman–Crippen LogP) is 15.1. The van der Waals surface area contributed by atoms with E-state index in [2.05, 4.69) is 204 Å². The first-order valence-corrected chi connectivity index (χ1v) is 20.8. The zero-order valence-corrected chi connectivity index (χ0v) is 32.3. The molecule has 0 fully saturated rings. The monoisotopic (exact) mass is 759 g/mol. The van der Waals surface area contributed by atoms with Crippen molar-refractivity contribution in [2.24, 2.45) is 0 Å². The van der Waals surface area contributed by atoms with Crippen LogP contribution < -0.4 is 14.7 Å². The van der Waals surface area contributed by atoms with Gasteiger partial charge in [-0.25, -0.2) is 0 Å². The number of hydrogen-bond acceptors (Lipinski definition) is 6. The zero-order chi connectivity index (χ0) is 36.5. The van der Waals surface area contributed by atoms with Crippen molar-refractivity contribution in [2.75, 3.05) is 21.7 Å². The number of nitrogens with zero attached hydrogens (tertiary/aromatic N) is 3. The number of hydrogen-bond donors (Lipinski definition) is 0. The lowest BCUT2D eigenvalue weighted by Crippen LogP contribution is -2.15. The van der Waals surface area contributed by atoms with Crippen LogP contribution >= 0.6 is 35.3 Å². The summed E-state index contributed by atoms with van der Waals surface area (Å²) in [4.78, 5) is 14.7. The molecule has 3 aliphatic heterocycles. The number of fused-ring (bicyclic) bond motifs is 6. The van der Waals surface area contributed by atoms with Gasteiger partial charge in [-0.1, -0.05) is 120 Å². The molecule has 0 saturated heterocycles. The van der Waals surface area contributed by atoms with Gasteiger partial charge in [-0.3, -0.25) is 0 Å². The van der Waals surface area contributed by atoms with Crippen molar-refractivity contribution in [1.82, 2.24) is 0 Å². The van der Waals surface area contributed by atoms with Gasteiger partial charge in [0.05, 0.1) is 34.1 Å². The Morgan fingerprint density at radius 2 is 0.600 bits per heavy atom. The molecule has 55 heavy (non-hydrogen) atoms. The molecule has 0 unspecified atom stereocenters. The molecular weight excluding hydrogens is 727 g/mol. The molecule has 0 spiro atoms. The van der Waals surface area contributed by atoms with Gasteiger partial charge in [0.15, 0.2) is 0 Å². The Hall–Kier alpha value is -5.79. The Morgan fingerprint density at radius 3 is 1.02 bits per heavy atom. The molecule has 6 heteroatoms. The van der Waals surface area contributed by atoms with Crippen LogP contribution in [-0.4, -0.2) is 7.05 Å². The maximum absolute atomic E-state index is 2.39. The molecule has 3 aliphatic rings. The van der Waals surface area contributed by atoms with Gasteiger partial charge >= 0.3 is 0 Å². The van der Waals surface area contributed by atoms with Crippen LogP contribution in [0.2, 0.25) is 0 Å². The summed E-state index contributed by atoms with van der Waals surface area (Å²) in [6.45, 7) is 0. The first-order chi connectivity index (χ1) is 27.2. The van der Waals surface area contributed by atoms with Crippen LogP contribution in [0.3, 0.4) is 0 Å². The maximum Gasteiger partial charge on any atom is 0.0602 e. The highest BCUT2D eigenvalue weighted by Gasteiger charge is 2.28. The Morgan fingerprint density at radius 1 is 0.291 bits per heavy atom. The average Bonchev–Trinajstić information content (AvgIpc) is 3.24. The first kappa shape index (κ1) is 32.6. The van der Waals surface area contributed by atoms with Gasteiger partial charge in [-0.15, -0.1) is 0 Å². The summed E-state index contributed by atoms with van der Waals surface area (Å²) < 4.78 is 0. The molecule has 8 aromatic carbocycles. The van der Waals surface area contributed by atoms with E-state index in [9.17, 15) is 0 Å². The quantitative estimate of drug-likeness (QED) is 0.175. The molecule has 0 aromatic heterocycles. The van der Waals surface area contributed by atoms with Gasteiger partial charge in [0.1, 0.15) is 0 Å². The third-order valence-corrected chi connectivity index (χ3v) is 13.9. The molecular formula is C49H33N3S3. The second-order valence-corrected chi connectivity index (χ2v) is 17.1. The van der Waals surface area contributed by atoms with E-state index in [4.69, 9.17) is 0 Å². The van der Waals surface area contributed by atoms with E-state index >= 15 is 0 Å². The lowest BCUT2D eigenvalue weighted by Gasteiger charge is -2.33. The SMILES string of the molecule is CN1c2ccc(-c3ccc4c(c3)Sc3ccccc3N4c3ccccc3)cc2Sc2cc(-c3ccc4c(c3)Sc3ccccc3N4c3ccccc3)ccc21. The molecule has 0 aliphatic carbocycles. The molecule has 262 valence electrons. The van der Waals surface area contributed by atoms with Gasteiger partial charge in [0.25, 0.3) is 0 Å². The first-order valence-electron chi connectivity index (χ1n) is 18.4. The summed E-state index contributed by atoms with van der Waals surface area (Å²) in [6.07, 6.45) is 0. The van der Waals surface area contributed by atoms with E-state index in [0.717, 1.165) is 0 Å². The molecule has 0 atom stereocenters. The fraction of sp³-hybridized carbons (Fsp3) is 0.0204. The summed E-state index contributed by atoms with van der Waals surface area (Å²) in [6, 6.07) is 66.5. The third-order valence-electron chi connectivity index (χ3n) is 10.6. The van der Waals surface area contributed by atoms with Gasteiger partial charge in [-0.05, 0) is 119 Å². The number of benzene rings is 8. The summed E-state index contributed by atoms with van der Waals surface area (Å²) in [5.74, 6) is 0. The highest BCUT2D eigenvalue weighted by Crippen LogP contribution is 2.55. The minimum absolute atomic E-state index is 1.17. The molecule has 3 heterocycles. The van der Waals surface area contributed by atoms with Crippen LogP contribution in [0.15, 0.2) is 211 Å².